The number of carbonyl (C=O) groups excluding carboxylic acids is 1. The van der Waals surface area contributed by atoms with Gasteiger partial charge in [-0.15, -0.1) is 0 Å². The standard InChI is InChI=1S/C16H12N4O2/c21-15-8-7-13(19-20-15)11-4-3-5-12(10-11)18-16(22)14-6-1-2-9-17-14/h1-10H,(H,18,22)(H,20,21). The van der Waals surface area contributed by atoms with Gasteiger partial charge in [0.2, 0.25) is 0 Å². The minimum atomic E-state index is -0.285. The van der Waals surface area contributed by atoms with Crippen molar-refractivity contribution in [2.45, 2.75) is 0 Å². The first kappa shape index (κ1) is 13.7. The van der Waals surface area contributed by atoms with Crippen LogP contribution >= 0.6 is 0 Å². The zero-order chi connectivity index (χ0) is 15.4. The summed E-state index contributed by atoms with van der Waals surface area (Å²) in [6, 6.07) is 15.4. The van der Waals surface area contributed by atoms with Crippen molar-refractivity contribution in [2.24, 2.45) is 0 Å². The van der Waals surface area contributed by atoms with Gasteiger partial charge in [-0.1, -0.05) is 18.2 Å². The molecule has 0 fully saturated rings. The molecular weight excluding hydrogens is 280 g/mol. The summed E-state index contributed by atoms with van der Waals surface area (Å²) in [5.74, 6) is -0.285. The molecule has 6 heteroatoms. The summed E-state index contributed by atoms with van der Waals surface area (Å²) in [4.78, 5) is 27.1. The number of pyridine rings is 1. The van der Waals surface area contributed by atoms with Crippen molar-refractivity contribution in [1.29, 1.82) is 0 Å². The molecular formula is C16H12N4O2. The summed E-state index contributed by atoms with van der Waals surface area (Å²) >= 11 is 0. The molecule has 0 aliphatic rings. The summed E-state index contributed by atoms with van der Waals surface area (Å²) in [6.07, 6.45) is 1.57. The van der Waals surface area contributed by atoms with Crippen molar-refractivity contribution >= 4 is 11.6 Å². The Hall–Kier alpha value is -3.28. The molecule has 2 N–H and O–H groups in total. The maximum atomic E-state index is 12.1. The van der Waals surface area contributed by atoms with Crippen LogP contribution in [0.1, 0.15) is 10.5 Å². The first-order valence-electron chi connectivity index (χ1n) is 6.61. The minimum absolute atomic E-state index is 0.261. The zero-order valence-electron chi connectivity index (χ0n) is 11.5. The highest BCUT2D eigenvalue weighted by molar-refractivity contribution is 6.03. The van der Waals surface area contributed by atoms with Crippen LogP contribution in [0.5, 0.6) is 0 Å². The average molecular weight is 292 g/mol. The number of hydrogen-bond donors (Lipinski definition) is 2. The monoisotopic (exact) mass is 292 g/mol. The number of amides is 1. The number of rotatable bonds is 3. The maximum Gasteiger partial charge on any atom is 0.274 e. The highest BCUT2D eigenvalue weighted by Crippen LogP contribution is 2.20. The molecule has 0 saturated carbocycles. The van der Waals surface area contributed by atoms with E-state index < -0.39 is 0 Å². The summed E-state index contributed by atoms with van der Waals surface area (Å²) < 4.78 is 0. The van der Waals surface area contributed by atoms with E-state index in [4.69, 9.17) is 0 Å². The highest BCUT2D eigenvalue weighted by Gasteiger charge is 2.07. The Morgan fingerprint density at radius 2 is 1.95 bits per heavy atom. The Labute approximate surface area is 125 Å². The van der Waals surface area contributed by atoms with E-state index in [1.807, 2.05) is 6.07 Å². The number of hydrogen-bond acceptors (Lipinski definition) is 4. The molecule has 3 aromatic rings. The molecule has 0 spiro atoms. The van der Waals surface area contributed by atoms with Crippen molar-refractivity contribution in [1.82, 2.24) is 15.2 Å². The third-order valence-corrected chi connectivity index (χ3v) is 2.99. The van der Waals surface area contributed by atoms with Crippen molar-refractivity contribution in [3.63, 3.8) is 0 Å². The number of aromatic nitrogens is 3. The van der Waals surface area contributed by atoms with Gasteiger partial charge < -0.3 is 5.32 Å². The average Bonchev–Trinajstić information content (AvgIpc) is 2.56. The Morgan fingerprint density at radius 1 is 1.05 bits per heavy atom. The number of H-pyrrole nitrogens is 1. The predicted molar refractivity (Wildman–Crippen MR) is 82.5 cm³/mol. The quantitative estimate of drug-likeness (QED) is 0.773. The van der Waals surface area contributed by atoms with E-state index in [2.05, 4.69) is 20.5 Å². The lowest BCUT2D eigenvalue weighted by atomic mass is 10.1. The molecule has 0 bridgehead atoms. The van der Waals surface area contributed by atoms with E-state index in [1.54, 1.807) is 48.7 Å². The van der Waals surface area contributed by atoms with Crippen LogP contribution in [0, 0.1) is 0 Å². The summed E-state index contributed by atoms with van der Waals surface area (Å²) in [5, 5.41) is 9.12. The number of benzene rings is 1. The van der Waals surface area contributed by atoms with Crippen LogP contribution in [0.15, 0.2) is 65.6 Å². The molecule has 6 nitrogen and oxygen atoms in total. The molecule has 0 aliphatic carbocycles. The molecule has 2 heterocycles. The largest absolute Gasteiger partial charge is 0.321 e. The molecule has 1 aromatic carbocycles. The lowest BCUT2D eigenvalue weighted by molar-refractivity contribution is 0.102. The second-order valence-electron chi connectivity index (χ2n) is 4.56. The molecule has 0 saturated heterocycles. The molecule has 0 aliphatic heterocycles. The van der Waals surface area contributed by atoms with Crippen LogP contribution < -0.4 is 10.9 Å². The SMILES string of the molecule is O=C(Nc1cccc(-c2ccc(=O)[nH]n2)c1)c1ccccn1. The number of aromatic amines is 1. The molecule has 1 amide bonds. The molecule has 2 aromatic heterocycles. The molecule has 0 atom stereocenters. The Balaban J connectivity index is 1.84. The van der Waals surface area contributed by atoms with Crippen molar-refractivity contribution in [2.75, 3.05) is 5.32 Å². The summed E-state index contributed by atoms with van der Waals surface area (Å²) in [5.41, 5.74) is 2.11. The summed E-state index contributed by atoms with van der Waals surface area (Å²) in [6.45, 7) is 0. The first-order chi connectivity index (χ1) is 10.7. The van der Waals surface area contributed by atoms with Crippen LogP contribution in [-0.4, -0.2) is 21.1 Å². The van der Waals surface area contributed by atoms with E-state index in [0.29, 0.717) is 17.1 Å². The second-order valence-corrected chi connectivity index (χ2v) is 4.56. The van der Waals surface area contributed by atoms with Gasteiger partial charge in [0.25, 0.3) is 11.5 Å². The Bertz CT molecular complexity index is 839. The van der Waals surface area contributed by atoms with Gasteiger partial charge in [-0.2, -0.15) is 5.10 Å². The van der Waals surface area contributed by atoms with E-state index in [9.17, 15) is 9.59 Å². The Morgan fingerprint density at radius 3 is 2.68 bits per heavy atom. The third kappa shape index (κ3) is 3.06. The molecule has 108 valence electrons. The molecule has 0 unspecified atom stereocenters. The van der Waals surface area contributed by atoms with Gasteiger partial charge in [-0.05, 0) is 30.3 Å². The lowest BCUT2D eigenvalue weighted by Gasteiger charge is -2.06. The summed E-state index contributed by atoms with van der Waals surface area (Å²) in [7, 11) is 0. The number of carbonyl (C=O) groups is 1. The van der Waals surface area contributed by atoms with Crippen LogP contribution in [0.4, 0.5) is 5.69 Å². The highest BCUT2D eigenvalue weighted by atomic mass is 16.2. The fraction of sp³-hybridized carbons (Fsp3) is 0. The number of anilines is 1. The number of nitrogens with zero attached hydrogens (tertiary/aromatic N) is 2. The van der Waals surface area contributed by atoms with Gasteiger partial charge in [-0.3, -0.25) is 14.6 Å². The van der Waals surface area contributed by atoms with Crippen LogP contribution in [0.25, 0.3) is 11.3 Å². The molecule has 22 heavy (non-hydrogen) atoms. The van der Waals surface area contributed by atoms with Crippen LogP contribution in [0.2, 0.25) is 0 Å². The first-order valence-corrected chi connectivity index (χ1v) is 6.61. The smallest absolute Gasteiger partial charge is 0.274 e. The van der Waals surface area contributed by atoms with Crippen LogP contribution in [0.3, 0.4) is 0 Å². The Kier molecular flexibility index (Phi) is 3.74. The van der Waals surface area contributed by atoms with Gasteiger partial charge in [0.15, 0.2) is 0 Å². The zero-order valence-corrected chi connectivity index (χ0v) is 11.5. The lowest BCUT2D eigenvalue weighted by Crippen LogP contribution is -2.13. The third-order valence-electron chi connectivity index (χ3n) is 2.99. The van der Waals surface area contributed by atoms with Crippen molar-refractivity contribution in [3.05, 3.63) is 76.8 Å². The molecule has 0 radical (unpaired) electrons. The fourth-order valence-corrected chi connectivity index (χ4v) is 1.95. The van der Waals surface area contributed by atoms with E-state index in [1.165, 1.54) is 6.07 Å². The molecule has 3 rings (SSSR count). The van der Waals surface area contributed by atoms with Gasteiger partial charge in [0, 0.05) is 23.5 Å². The van der Waals surface area contributed by atoms with Gasteiger partial charge in [-0.25, -0.2) is 5.10 Å². The van der Waals surface area contributed by atoms with Gasteiger partial charge in [0.1, 0.15) is 5.69 Å². The van der Waals surface area contributed by atoms with Gasteiger partial charge in [0.05, 0.1) is 5.69 Å². The second kappa shape index (κ2) is 6.01. The van der Waals surface area contributed by atoms with Crippen LogP contribution in [-0.2, 0) is 0 Å². The van der Waals surface area contributed by atoms with E-state index in [0.717, 1.165) is 5.56 Å². The maximum absolute atomic E-state index is 12.1. The normalized spacial score (nSPS) is 10.2. The van der Waals surface area contributed by atoms with Crippen molar-refractivity contribution in [3.8, 4) is 11.3 Å². The van der Waals surface area contributed by atoms with E-state index >= 15 is 0 Å². The topological polar surface area (TPSA) is 87.7 Å². The van der Waals surface area contributed by atoms with Gasteiger partial charge >= 0.3 is 0 Å². The van der Waals surface area contributed by atoms with Crippen molar-refractivity contribution < 1.29 is 4.79 Å². The predicted octanol–water partition coefficient (Wildman–Crippen LogP) is 2.08. The van der Waals surface area contributed by atoms with E-state index in [-0.39, 0.29) is 11.5 Å². The minimum Gasteiger partial charge on any atom is -0.321 e. The number of nitrogens with one attached hydrogen (secondary N) is 2. The fourth-order valence-electron chi connectivity index (χ4n) is 1.95.